The summed E-state index contributed by atoms with van der Waals surface area (Å²) < 4.78 is 16.8. The van der Waals surface area contributed by atoms with Gasteiger partial charge in [0, 0.05) is 25.4 Å². The zero-order valence-corrected chi connectivity index (χ0v) is 27.6. The number of amides is 2. The number of alkyl carbamates (subject to hydrolysis) is 1. The predicted molar refractivity (Wildman–Crippen MR) is 175 cm³/mol. The van der Waals surface area contributed by atoms with Gasteiger partial charge in [-0.3, -0.25) is 14.6 Å². The van der Waals surface area contributed by atoms with Gasteiger partial charge in [-0.05, 0) is 94.2 Å². The maximum Gasteiger partial charge on any atom is 0.408 e. The van der Waals surface area contributed by atoms with Crippen LogP contribution in [0.4, 0.5) is 4.79 Å². The number of esters is 1. The Kier molecular flexibility index (Phi) is 15.2. The maximum atomic E-state index is 13.3. The Bertz CT molecular complexity index is 1160. The van der Waals surface area contributed by atoms with Gasteiger partial charge < -0.3 is 24.8 Å². The van der Waals surface area contributed by atoms with Gasteiger partial charge in [-0.2, -0.15) is 0 Å². The molecule has 2 N–H and O–H groups in total. The van der Waals surface area contributed by atoms with E-state index in [2.05, 4.69) is 22.5 Å². The molecule has 248 valence electrons. The van der Waals surface area contributed by atoms with E-state index in [4.69, 9.17) is 14.2 Å². The standard InChI is InChI=1S/C36H53N3O6/c1-5-6-7-8-9-10-23-43-34(41)30-15-11-28(12-16-30)25-38-33(40)32(39-35(42)45-36(2,3)4)24-27-13-17-31(18-14-27)44-26-29-19-21-37-22-20-29/h13-14,17-22,28,30,32H,5-12,15-16,23-26H2,1-4H3,(H,38,40)(H,39,42)/t28?,30?,32-/m0/s1. The molecule has 1 aromatic carbocycles. The van der Waals surface area contributed by atoms with E-state index in [-0.39, 0.29) is 23.7 Å². The summed E-state index contributed by atoms with van der Waals surface area (Å²) in [7, 11) is 0. The zero-order valence-electron chi connectivity index (χ0n) is 27.6. The van der Waals surface area contributed by atoms with Gasteiger partial charge in [-0.15, -0.1) is 0 Å². The van der Waals surface area contributed by atoms with E-state index in [1.54, 1.807) is 33.2 Å². The minimum absolute atomic E-state index is 0.0599. The lowest BCUT2D eigenvalue weighted by Gasteiger charge is -2.28. The molecule has 0 bridgehead atoms. The first-order chi connectivity index (χ1) is 21.6. The first-order valence-corrected chi connectivity index (χ1v) is 16.7. The topological polar surface area (TPSA) is 116 Å². The quantitative estimate of drug-likeness (QED) is 0.145. The number of carbonyl (C=O) groups is 3. The Morgan fingerprint density at radius 1 is 0.889 bits per heavy atom. The maximum absolute atomic E-state index is 13.3. The molecule has 2 amide bonds. The van der Waals surface area contributed by atoms with Gasteiger partial charge in [0.05, 0.1) is 12.5 Å². The summed E-state index contributed by atoms with van der Waals surface area (Å²) in [5.41, 5.74) is 1.21. The van der Waals surface area contributed by atoms with Gasteiger partial charge in [0.2, 0.25) is 5.91 Å². The first-order valence-electron chi connectivity index (χ1n) is 16.7. The molecule has 3 rings (SSSR count). The van der Waals surface area contributed by atoms with Crippen LogP contribution in [0, 0.1) is 11.8 Å². The Morgan fingerprint density at radius 3 is 2.22 bits per heavy atom. The number of aromatic nitrogens is 1. The number of nitrogens with one attached hydrogen (secondary N) is 2. The third-order valence-electron chi connectivity index (χ3n) is 8.01. The molecule has 2 aromatic rings. The molecule has 1 aromatic heterocycles. The van der Waals surface area contributed by atoms with Crippen LogP contribution in [-0.2, 0) is 32.1 Å². The molecule has 1 atom stereocenters. The summed E-state index contributed by atoms with van der Waals surface area (Å²) in [6.45, 7) is 8.99. The lowest BCUT2D eigenvalue weighted by Crippen LogP contribution is -2.50. The monoisotopic (exact) mass is 623 g/mol. The van der Waals surface area contributed by atoms with Crippen molar-refractivity contribution in [3.05, 3.63) is 59.9 Å². The van der Waals surface area contributed by atoms with Crippen molar-refractivity contribution < 1.29 is 28.6 Å². The number of rotatable bonds is 17. The van der Waals surface area contributed by atoms with Crippen molar-refractivity contribution in [2.24, 2.45) is 11.8 Å². The number of hydrogen-bond donors (Lipinski definition) is 2. The Labute approximate surface area is 269 Å². The highest BCUT2D eigenvalue weighted by Crippen LogP contribution is 2.29. The van der Waals surface area contributed by atoms with E-state index in [0.29, 0.717) is 31.9 Å². The van der Waals surface area contributed by atoms with Crippen molar-refractivity contribution in [1.29, 1.82) is 0 Å². The molecule has 9 nitrogen and oxygen atoms in total. The van der Waals surface area contributed by atoms with Crippen molar-refractivity contribution in [3.8, 4) is 5.75 Å². The Balaban J connectivity index is 1.46. The number of nitrogens with zero attached hydrogens (tertiary/aromatic N) is 1. The smallest absolute Gasteiger partial charge is 0.408 e. The highest BCUT2D eigenvalue weighted by atomic mass is 16.6. The van der Waals surface area contributed by atoms with Crippen LogP contribution in [0.5, 0.6) is 5.75 Å². The average Bonchev–Trinajstić information content (AvgIpc) is 3.02. The lowest BCUT2D eigenvalue weighted by atomic mass is 9.82. The van der Waals surface area contributed by atoms with E-state index in [0.717, 1.165) is 49.7 Å². The summed E-state index contributed by atoms with van der Waals surface area (Å²) in [6, 6.07) is 10.5. The lowest BCUT2D eigenvalue weighted by molar-refractivity contribution is -0.150. The molecule has 1 fully saturated rings. The van der Waals surface area contributed by atoms with Gasteiger partial charge >= 0.3 is 12.1 Å². The molecule has 1 aliphatic rings. The fourth-order valence-corrected chi connectivity index (χ4v) is 5.41. The normalized spacial score (nSPS) is 17.2. The van der Waals surface area contributed by atoms with Crippen molar-refractivity contribution in [2.75, 3.05) is 13.2 Å². The molecule has 45 heavy (non-hydrogen) atoms. The number of carbonyl (C=O) groups excluding carboxylic acids is 3. The SMILES string of the molecule is CCCCCCCCOC(=O)C1CCC(CNC(=O)[C@H](Cc2ccc(OCc3ccncc3)cc2)NC(=O)OC(C)(C)C)CC1. The molecular weight excluding hydrogens is 570 g/mol. The molecule has 9 heteroatoms. The molecule has 1 heterocycles. The summed E-state index contributed by atoms with van der Waals surface area (Å²) in [6.07, 6.45) is 13.3. The second-order valence-electron chi connectivity index (χ2n) is 13.1. The molecule has 0 saturated heterocycles. The van der Waals surface area contributed by atoms with E-state index >= 15 is 0 Å². The van der Waals surface area contributed by atoms with E-state index in [9.17, 15) is 14.4 Å². The summed E-state index contributed by atoms with van der Waals surface area (Å²) >= 11 is 0. The van der Waals surface area contributed by atoms with Crippen LogP contribution in [0.25, 0.3) is 0 Å². The van der Waals surface area contributed by atoms with Crippen LogP contribution < -0.4 is 15.4 Å². The third-order valence-corrected chi connectivity index (χ3v) is 8.01. The third kappa shape index (κ3) is 14.4. The summed E-state index contributed by atoms with van der Waals surface area (Å²) in [4.78, 5) is 42.5. The summed E-state index contributed by atoms with van der Waals surface area (Å²) in [5, 5.41) is 5.80. The van der Waals surface area contributed by atoms with Gasteiger partial charge in [0.1, 0.15) is 24.0 Å². The van der Waals surface area contributed by atoms with Crippen molar-refractivity contribution in [1.82, 2.24) is 15.6 Å². The average molecular weight is 624 g/mol. The Morgan fingerprint density at radius 2 is 1.56 bits per heavy atom. The van der Waals surface area contributed by atoms with E-state index in [1.807, 2.05) is 36.4 Å². The largest absolute Gasteiger partial charge is 0.489 e. The van der Waals surface area contributed by atoms with E-state index < -0.39 is 17.7 Å². The number of benzene rings is 1. The summed E-state index contributed by atoms with van der Waals surface area (Å²) in [5.74, 6) is 0.574. The van der Waals surface area contributed by atoms with E-state index in [1.165, 1.54) is 25.7 Å². The predicted octanol–water partition coefficient (Wildman–Crippen LogP) is 6.92. The molecule has 0 spiro atoms. The molecule has 0 radical (unpaired) electrons. The number of hydrogen-bond acceptors (Lipinski definition) is 7. The van der Waals surface area contributed by atoms with Gasteiger partial charge in [-0.1, -0.05) is 51.2 Å². The van der Waals surface area contributed by atoms with Crippen LogP contribution in [0.2, 0.25) is 0 Å². The molecular formula is C36H53N3O6. The molecule has 0 aliphatic heterocycles. The highest BCUT2D eigenvalue weighted by molar-refractivity contribution is 5.86. The van der Waals surface area contributed by atoms with Crippen LogP contribution in [-0.4, -0.2) is 47.7 Å². The number of pyridine rings is 1. The molecule has 0 unspecified atom stereocenters. The number of ether oxygens (including phenoxy) is 3. The second-order valence-corrected chi connectivity index (χ2v) is 13.1. The minimum Gasteiger partial charge on any atom is -0.489 e. The van der Waals surface area contributed by atoms with Crippen molar-refractivity contribution >= 4 is 18.0 Å². The molecule has 1 aliphatic carbocycles. The minimum atomic E-state index is -0.809. The van der Waals surface area contributed by atoms with Gasteiger partial charge in [0.25, 0.3) is 0 Å². The first kappa shape index (κ1) is 35.9. The Hall–Kier alpha value is -3.62. The fourth-order valence-electron chi connectivity index (χ4n) is 5.41. The molecule has 1 saturated carbocycles. The van der Waals surface area contributed by atoms with Crippen LogP contribution >= 0.6 is 0 Å². The van der Waals surface area contributed by atoms with Gasteiger partial charge in [0.15, 0.2) is 0 Å². The van der Waals surface area contributed by atoms with Gasteiger partial charge in [-0.25, -0.2) is 4.79 Å². The number of unbranched alkanes of at least 4 members (excludes halogenated alkanes) is 5. The van der Waals surface area contributed by atoms with Crippen LogP contribution in [0.15, 0.2) is 48.8 Å². The zero-order chi connectivity index (χ0) is 32.5. The van der Waals surface area contributed by atoms with Crippen molar-refractivity contribution in [3.63, 3.8) is 0 Å². The van der Waals surface area contributed by atoms with Crippen LogP contribution in [0.1, 0.15) is 103 Å². The highest BCUT2D eigenvalue weighted by Gasteiger charge is 2.29. The van der Waals surface area contributed by atoms with Crippen molar-refractivity contribution in [2.45, 2.75) is 117 Å². The van der Waals surface area contributed by atoms with Crippen LogP contribution in [0.3, 0.4) is 0 Å². The fraction of sp³-hybridized carbons (Fsp3) is 0.611. The second kappa shape index (κ2) is 19.0.